The first-order valence-corrected chi connectivity index (χ1v) is 7.06. The maximum Gasteiger partial charge on any atom is 0.244 e. The predicted octanol–water partition coefficient (Wildman–Crippen LogP) is 1.71. The van der Waals surface area contributed by atoms with Crippen LogP contribution in [0.5, 0.6) is 5.75 Å². The summed E-state index contributed by atoms with van der Waals surface area (Å²) >= 11 is 0. The highest BCUT2D eigenvalue weighted by atomic mass is 16.5. The second kappa shape index (κ2) is 7.26. The van der Waals surface area contributed by atoms with E-state index in [0.29, 0.717) is 32.1 Å². The molecule has 1 heterocycles. The van der Waals surface area contributed by atoms with Gasteiger partial charge in [0, 0.05) is 6.54 Å². The molecule has 0 bridgehead atoms. The molecule has 1 fully saturated rings. The van der Waals surface area contributed by atoms with Crippen molar-refractivity contribution in [2.45, 2.75) is 26.3 Å². The van der Waals surface area contributed by atoms with Crippen LogP contribution in [0.1, 0.15) is 18.9 Å². The van der Waals surface area contributed by atoms with E-state index >= 15 is 0 Å². The highest BCUT2D eigenvalue weighted by molar-refractivity contribution is 5.96. The molecule has 0 saturated carbocycles. The first-order chi connectivity index (χ1) is 9.70. The number of ether oxygens (including phenoxy) is 2. The van der Waals surface area contributed by atoms with E-state index in [0.717, 1.165) is 17.7 Å². The first-order valence-electron chi connectivity index (χ1n) is 7.06. The van der Waals surface area contributed by atoms with Crippen molar-refractivity contribution in [1.82, 2.24) is 5.32 Å². The predicted molar refractivity (Wildman–Crippen MR) is 78.2 cm³/mol. The number of amides is 1. The minimum atomic E-state index is -0.302. The molecular formula is C15H22N2O3. The molecule has 0 radical (unpaired) electrons. The quantitative estimate of drug-likeness (QED) is 0.861. The van der Waals surface area contributed by atoms with Crippen LogP contribution in [0.3, 0.4) is 0 Å². The number of rotatable bonds is 5. The minimum Gasteiger partial charge on any atom is -0.491 e. The van der Waals surface area contributed by atoms with Crippen molar-refractivity contribution in [2.75, 3.05) is 31.7 Å². The zero-order valence-corrected chi connectivity index (χ0v) is 12.1. The number of morpholine rings is 1. The number of aryl methyl sites for hydroxylation is 1. The van der Waals surface area contributed by atoms with Crippen LogP contribution in [0.2, 0.25) is 0 Å². The topological polar surface area (TPSA) is 59.6 Å². The Hall–Kier alpha value is -1.59. The van der Waals surface area contributed by atoms with E-state index < -0.39 is 0 Å². The summed E-state index contributed by atoms with van der Waals surface area (Å²) in [7, 11) is 0. The molecular weight excluding hydrogens is 256 g/mol. The number of hydrogen-bond acceptors (Lipinski definition) is 4. The van der Waals surface area contributed by atoms with Gasteiger partial charge in [-0.3, -0.25) is 4.79 Å². The molecule has 1 amide bonds. The summed E-state index contributed by atoms with van der Waals surface area (Å²) < 4.78 is 11.0. The third-order valence-electron chi connectivity index (χ3n) is 3.09. The van der Waals surface area contributed by atoms with Crippen LogP contribution in [0, 0.1) is 6.92 Å². The Bertz CT molecular complexity index is 456. The lowest BCUT2D eigenvalue weighted by Gasteiger charge is -2.23. The second-order valence-electron chi connectivity index (χ2n) is 4.92. The van der Waals surface area contributed by atoms with Crippen LogP contribution < -0.4 is 15.4 Å². The fourth-order valence-corrected chi connectivity index (χ4v) is 2.02. The number of nitrogens with one attached hydrogen (secondary N) is 2. The molecule has 0 spiro atoms. The van der Waals surface area contributed by atoms with Crippen LogP contribution >= 0.6 is 0 Å². The first kappa shape index (κ1) is 14.8. The van der Waals surface area contributed by atoms with E-state index in [1.165, 1.54) is 0 Å². The van der Waals surface area contributed by atoms with Crippen molar-refractivity contribution in [1.29, 1.82) is 0 Å². The van der Waals surface area contributed by atoms with E-state index in [2.05, 4.69) is 17.6 Å². The monoisotopic (exact) mass is 278 g/mol. The molecule has 1 aliphatic rings. The molecule has 1 aromatic carbocycles. The second-order valence-corrected chi connectivity index (χ2v) is 4.92. The maximum atomic E-state index is 12.2. The number of benzene rings is 1. The van der Waals surface area contributed by atoms with E-state index in [1.54, 1.807) is 0 Å². The van der Waals surface area contributed by atoms with E-state index in [1.807, 2.05) is 25.1 Å². The summed E-state index contributed by atoms with van der Waals surface area (Å²) in [6.45, 7) is 6.45. The lowest BCUT2D eigenvalue weighted by atomic mass is 10.2. The Kier molecular flexibility index (Phi) is 5.38. The van der Waals surface area contributed by atoms with Crippen LogP contribution in [-0.2, 0) is 9.53 Å². The standard InChI is InChI=1S/C15H22N2O3/c1-3-7-20-14-9-11(2)4-5-12(14)17-15(18)13-10-19-8-6-16-13/h4-5,9,13,16H,3,6-8,10H2,1-2H3,(H,17,18). The molecule has 2 rings (SSSR count). The normalized spacial score (nSPS) is 18.6. The Morgan fingerprint density at radius 3 is 3.10 bits per heavy atom. The summed E-state index contributed by atoms with van der Waals surface area (Å²) in [5.74, 6) is 0.631. The molecule has 0 aromatic heterocycles. The van der Waals surface area contributed by atoms with Crippen molar-refractivity contribution >= 4 is 11.6 Å². The average molecular weight is 278 g/mol. The molecule has 0 aliphatic carbocycles. The molecule has 5 nitrogen and oxygen atoms in total. The highest BCUT2D eigenvalue weighted by Gasteiger charge is 2.22. The van der Waals surface area contributed by atoms with Gasteiger partial charge in [0.25, 0.3) is 0 Å². The third kappa shape index (κ3) is 3.95. The summed E-state index contributed by atoms with van der Waals surface area (Å²) in [6.07, 6.45) is 0.930. The van der Waals surface area contributed by atoms with Gasteiger partial charge in [-0.2, -0.15) is 0 Å². The Morgan fingerprint density at radius 2 is 2.40 bits per heavy atom. The largest absolute Gasteiger partial charge is 0.491 e. The van der Waals surface area contributed by atoms with Gasteiger partial charge in [0.1, 0.15) is 11.8 Å². The van der Waals surface area contributed by atoms with Gasteiger partial charge >= 0.3 is 0 Å². The maximum absolute atomic E-state index is 12.2. The molecule has 110 valence electrons. The molecule has 1 saturated heterocycles. The van der Waals surface area contributed by atoms with Crippen LogP contribution in [0.4, 0.5) is 5.69 Å². The summed E-state index contributed by atoms with van der Waals surface area (Å²) in [5, 5.41) is 6.05. The Balaban J connectivity index is 2.05. The highest BCUT2D eigenvalue weighted by Crippen LogP contribution is 2.26. The van der Waals surface area contributed by atoms with Crippen LogP contribution in [0.15, 0.2) is 18.2 Å². The van der Waals surface area contributed by atoms with Crippen LogP contribution in [-0.4, -0.2) is 38.3 Å². The van der Waals surface area contributed by atoms with Crippen molar-refractivity contribution in [3.8, 4) is 5.75 Å². The zero-order valence-electron chi connectivity index (χ0n) is 12.1. The fourth-order valence-electron chi connectivity index (χ4n) is 2.02. The number of carbonyl (C=O) groups excluding carboxylic acids is 1. The third-order valence-corrected chi connectivity index (χ3v) is 3.09. The van der Waals surface area contributed by atoms with Crippen molar-refractivity contribution in [3.63, 3.8) is 0 Å². The van der Waals surface area contributed by atoms with Crippen molar-refractivity contribution in [3.05, 3.63) is 23.8 Å². The lowest BCUT2D eigenvalue weighted by Crippen LogP contribution is -2.48. The number of anilines is 1. The number of carbonyl (C=O) groups is 1. The van der Waals surface area contributed by atoms with Gasteiger partial charge in [-0.25, -0.2) is 0 Å². The van der Waals surface area contributed by atoms with Gasteiger partial charge in [-0.15, -0.1) is 0 Å². The lowest BCUT2D eigenvalue weighted by molar-refractivity contribution is -0.120. The van der Waals surface area contributed by atoms with Gasteiger partial charge in [0.15, 0.2) is 0 Å². The van der Waals surface area contributed by atoms with E-state index in [9.17, 15) is 4.79 Å². The zero-order chi connectivity index (χ0) is 14.4. The minimum absolute atomic E-state index is 0.0881. The number of hydrogen-bond donors (Lipinski definition) is 2. The van der Waals surface area contributed by atoms with E-state index in [-0.39, 0.29) is 11.9 Å². The van der Waals surface area contributed by atoms with Crippen molar-refractivity contribution < 1.29 is 14.3 Å². The summed E-state index contributed by atoms with van der Waals surface area (Å²) in [4.78, 5) is 12.2. The fraction of sp³-hybridized carbons (Fsp3) is 0.533. The van der Waals surface area contributed by atoms with Gasteiger partial charge in [-0.05, 0) is 31.0 Å². The smallest absolute Gasteiger partial charge is 0.244 e. The van der Waals surface area contributed by atoms with Gasteiger partial charge in [-0.1, -0.05) is 13.0 Å². The summed E-state index contributed by atoms with van der Waals surface area (Å²) in [6, 6.07) is 5.47. The van der Waals surface area contributed by atoms with Gasteiger partial charge in [0.2, 0.25) is 5.91 Å². The van der Waals surface area contributed by atoms with Crippen LogP contribution in [0.25, 0.3) is 0 Å². The Labute approximate surface area is 119 Å². The van der Waals surface area contributed by atoms with Gasteiger partial charge < -0.3 is 20.1 Å². The molecule has 2 N–H and O–H groups in total. The van der Waals surface area contributed by atoms with Gasteiger partial charge in [0.05, 0.1) is 25.5 Å². The molecule has 1 aromatic rings. The molecule has 1 unspecified atom stereocenters. The summed E-state index contributed by atoms with van der Waals surface area (Å²) in [5.41, 5.74) is 1.81. The molecule has 1 aliphatic heterocycles. The SMILES string of the molecule is CCCOc1cc(C)ccc1NC(=O)C1COCCN1. The molecule has 5 heteroatoms. The average Bonchev–Trinajstić information content (AvgIpc) is 2.48. The molecule has 1 atom stereocenters. The van der Waals surface area contributed by atoms with Crippen molar-refractivity contribution in [2.24, 2.45) is 0 Å². The van der Waals surface area contributed by atoms with E-state index in [4.69, 9.17) is 9.47 Å². The Morgan fingerprint density at radius 1 is 1.55 bits per heavy atom. The molecule has 20 heavy (non-hydrogen) atoms.